The lowest BCUT2D eigenvalue weighted by atomic mass is 10.1. The highest BCUT2D eigenvalue weighted by atomic mass is 16.5. The van der Waals surface area contributed by atoms with Crippen molar-refractivity contribution in [3.63, 3.8) is 0 Å². The highest BCUT2D eigenvalue weighted by Gasteiger charge is 2.08. The maximum atomic E-state index is 9.16. The monoisotopic (exact) mass is 240 g/mol. The SMILES string of the molecule is COCCC(CO)COc1ccc(OC)cc1. The van der Waals surface area contributed by atoms with Crippen LogP contribution < -0.4 is 9.47 Å². The van der Waals surface area contributed by atoms with Gasteiger partial charge >= 0.3 is 0 Å². The van der Waals surface area contributed by atoms with Gasteiger partial charge in [0.1, 0.15) is 11.5 Å². The molecule has 1 N–H and O–H groups in total. The highest BCUT2D eigenvalue weighted by molar-refractivity contribution is 5.31. The first-order valence-electron chi connectivity index (χ1n) is 5.66. The van der Waals surface area contributed by atoms with Crippen molar-refractivity contribution < 1.29 is 19.3 Å². The number of hydrogen-bond acceptors (Lipinski definition) is 4. The van der Waals surface area contributed by atoms with Gasteiger partial charge in [0.25, 0.3) is 0 Å². The predicted molar refractivity (Wildman–Crippen MR) is 65.6 cm³/mol. The number of rotatable bonds is 8. The first kappa shape index (κ1) is 13.8. The third-order valence-corrected chi connectivity index (χ3v) is 2.53. The Kier molecular flexibility index (Phi) is 6.43. The number of methoxy groups -OCH3 is 2. The van der Waals surface area contributed by atoms with Gasteiger partial charge in [-0.1, -0.05) is 0 Å². The maximum absolute atomic E-state index is 9.16. The molecular formula is C13H20O4. The second-order valence-electron chi connectivity index (χ2n) is 3.82. The van der Waals surface area contributed by atoms with E-state index in [1.54, 1.807) is 14.2 Å². The minimum Gasteiger partial charge on any atom is -0.497 e. The molecule has 1 atom stereocenters. The summed E-state index contributed by atoms with van der Waals surface area (Å²) in [5.74, 6) is 1.69. The average molecular weight is 240 g/mol. The van der Waals surface area contributed by atoms with Crippen molar-refractivity contribution in [3.05, 3.63) is 24.3 Å². The Labute approximate surface area is 102 Å². The summed E-state index contributed by atoms with van der Waals surface area (Å²) in [5.41, 5.74) is 0. The van der Waals surface area contributed by atoms with Crippen LogP contribution in [0, 0.1) is 5.92 Å². The lowest BCUT2D eigenvalue weighted by Crippen LogP contribution is -2.17. The zero-order valence-electron chi connectivity index (χ0n) is 10.4. The van der Waals surface area contributed by atoms with Crippen molar-refractivity contribution >= 4 is 0 Å². The molecule has 1 rings (SSSR count). The summed E-state index contributed by atoms with van der Waals surface area (Å²) < 4.78 is 15.6. The molecule has 0 aliphatic carbocycles. The van der Waals surface area contributed by atoms with Gasteiger partial charge in [-0.15, -0.1) is 0 Å². The van der Waals surface area contributed by atoms with Crippen LogP contribution in [0.5, 0.6) is 11.5 Å². The Morgan fingerprint density at radius 2 is 1.76 bits per heavy atom. The molecule has 0 aliphatic heterocycles. The average Bonchev–Trinajstić information content (AvgIpc) is 2.39. The van der Waals surface area contributed by atoms with Gasteiger partial charge in [-0.3, -0.25) is 0 Å². The van der Waals surface area contributed by atoms with E-state index in [4.69, 9.17) is 19.3 Å². The van der Waals surface area contributed by atoms with Gasteiger partial charge in [-0.05, 0) is 30.7 Å². The van der Waals surface area contributed by atoms with Gasteiger partial charge < -0.3 is 19.3 Å². The molecule has 0 saturated heterocycles. The molecule has 0 radical (unpaired) electrons. The van der Waals surface area contributed by atoms with Gasteiger partial charge in [0.05, 0.1) is 13.7 Å². The van der Waals surface area contributed by atoms with Crippen molar-refractivity contribution in [1.29, 1.82) is 0 Å². The minimum absolute atomic E-state index is 0.108. The van der Waals surface area contributed by atoms with Crippen LogP contribution in [0.2, 0.25) is 0 Å². The van der Waals surface area contributed by atoms with Crippen molar-refractivity contribution in [2.45, 2.75) is 6.42 Å². The van der Waals surface area contributed by atoms with E-state index in [1.165, 1.54) is 0 Å². The molecule has 0 bridgehead atoms. The summed E-state index contributed by atoms with van der Waals surface area (Å²) >= 11 is 0. The van der Waals surface area contributed by atoms with E-state index < -0.39 is 0 Å². The molecule has 0 saturated carbocycles. The fraction of sp³-hybridized carbons (Fsp3) is 0.538. The van der Waals surface area contributed by atoms with Crippen LogP contribution in [0.25, 0.3) is 0 Å². The molecule has 1 unspecified atom stereocenters. The lowest BCUT2D eigenvalue weighted by molar-refractivity contribution is 0.116. The van der Waals surface area contributed by atoms with Crippen LogP contribution in [0.4, 0.5) is 0 Å². The molecule has 96 valence electrons. The largest absolute Gasteiger partial charge is 0.497 e. The molecule has 0 aliphatic rings. The second-order valence-corrected chi connectivity index (χ2v) is 3.82. The summed E-state index contributed by atoms with van der Waals surface area (Å²) in [4.78, 5) is 0. The molecule has 4 heteroatoms. The minimum atomic E-state index is 0.108. The van der Waals surface area contributed by atoms with Crippen LogP contribution in [0.3, 0.4) is 0 Å². The molecule has 0 spiro atoms. The van der Waals surface area contributed by atoms with Crippen molar-refractivity contribution in [1.82, 2.24) is 0 Å². The summed E-state index contributed by atoms with van der Waals surface area (Å²) in [6.07, 6.45) is 0.795. The Hall–Kier alpha value is -1.26. The molecule has 1 aromatic carbocycles. The maximum Gasteiger partial charge on any atom is 0.119 e. The molecule has 0 amide bonds. The summed E-state index contributed by atoms with van der Waals surface area (Å²) in [7, 11) is 3.28. The van der Waals surface area contributed by atoms with Gasteiger partial charge in [0.15, 0.2) is 0 Å². The van der Waals surface area contributed by atoms with E-state index in [-0.39, 0.29) is 12.5 Å². The van der Waals surface area contributed by atoms with Crippen LogP contribution in [-0.2, 0) is 4.74 Å². The first-order chi connectivity index (χ1) is 8.30. The number of ether oxygens (including phenoxy) is 3. The summed E-state index contributed by atoms with van der Waals surface area (Å²) in [5, 5.41) is 9.16. The molecular weight excluding hydrogens is 220 g/mol. The van der Waals surface area contributed by atoms with Crippen molar-refractivity contribution in [3.8, 4) is 11.5 Å². The van der Waals surface area contributed by atoms with E-state index >= 15 is 0 Å². The van der Waals surface area contributed by atoms with E-state index in [0.717, 1.165) is 17.9 Å². The van der Waals surface area contributed by atoms with Crippen LogP contribution in [0.15, 0.2) is 24.3 Å². The fourth-order valence-corrected chi connectivity index (χ4v) is 1.40. The number of benzene rings is 1. The van der Waals surface area contributed by atoms with Gasteiger partial charge in [0.2, 0.25) is 0 Å². The molecule has 17 heavy (non-hydrogen) atoms. The quantitative estimate of drug-likeness (QED) is 0.751. The fourth-order valence-electron chi connectivity index (χ4n) is 1.40. The van der Waals surface area contributed by atoms with Crippen molar-refractivity contribution in [2.24, 2.45) is 5.92 Å². The van der Waals surface area contributed by atoms with E-state index in [9.17, 15) is 0 Å². The Morgan fingerprint density at radius 1 is 1.12 bits per heavy atom. The van der Waals surface area contributed by atoms with Crippen molar-refractivity contribution in [2.75, 3.05) is 34.0 Å². The predicted octanol–water partition coefficient (Wildman–Crippen LogP) is 1.72. The number of aliphatic hydroxyl groups excluding tert-OH is 1. The van der Waals surface area contributed by atoms with Crippen LogP contribution in [-0.4, -0.2) is 39.1 Å². The highest BCUT2D eigenvalue weighted by Crippen LogP contribution is 2.18. The number of aliphatic hydroxyl groups is 1. The molecule has 1 aromatic rings. The number of hydrogen-bond donors (Lipinski definition) is 1. The Bertz CT molecular complexity index is 297. The summed E-state index contributed by atoms with van der Waals surface area (Å²) in [6.45, 7) is 1.24. The van der Waals surface area contributed by atoms with E-state index in [0.29, 0.717) is 13.2 Å². The molecule has 0 heterocycles. The summed E-state index contributed by atoms with van der Waals surface area (Å²) in [6, 6.07) is 7.39. The van der Waals surface area contributed by atoms with Gasteiger partial charge in [0, 0.05) is 26.2 Å². The smallest absolute Gasteiger partial charge is 0.119 e. The van der Waals surface area contributed by atoms with E-state index in [2.05, 4.69) is 0 Å². The standard InChI is InChI=1S/C13H20O4/c1-15-8-7-11(9-14)10-17-13-5-3-12(16-2)4-6-13/h3-6,11,14H,7-10H2,1-2H3. The molecule has 0 fully saturated rings. The first-order valence-corrected chi connectivity index (χ1v) is 5.66. The second kappa shape index (κ2) is 7.92. The molecule has 0 aromatic heterocycles. The topological polar surface area (TPSA) is 47.9 Å². The third kappa shape index (κ3) is 5.06. The van der Waals surface area contributed by atoms with E-state index in [1.807, 2.05) is 24.3 Å². The third-order valence-electron chi connectivity index (χ3n) is 2.53. The van der Waals surface area contributed by atoms with Crippen LogP contribution >= 0.6 is 0 Å². The van der Waals surface area contributed by atoms with Gasteiger partial charge in [-0.25, -0.2) is 0 Å². The normalized spacial score (nSPS) is 12.2. The Balaban J connectivity index is 2.36. The van der Waals surface area contributed by atoms with Crippen LogP contribution in [0.1, 0.15) is 6.42 Å². The lowest BCUT2D eigenvalue weighted by Gasteiger charge is -2.14. The van der Waals surface area contributed by atoms with Gasteiger partial charge in [-0.2, -0.15) is 0 Å². The Morgan fingerprint density at radius 3 is 2.29 bits per heavy atom. The zero-order chi connectivity index (χ0) is 12.5. The zero-order valence-corrected chi connectivity index (χ0v) is 10.4. The molecule has 4 nitrogen and oxygen atoms in total.